The summed E-state index contributed by atoms with van der Waals surface area (Å²) >= 11 is 0. The van der Waals surface area contributed by atoms with Crippen molar-refractivity contribution in [2.45, 2.75) is 219 Å². The maximum absolute atomic E-state index is 12.7. The molecule has 0 fully saturated rings. The lowest BCUT2D eigenvalue weighted by molar-refractivity contribution is -0.167. The molecule has 6 nitrogen and oxygen atoms in total. The highest BCUT2D eigenvalue weighted by Crippen LogP contribution is 2.14. The van der Waals surface area contributed by atoms with E-state index in [1.165, 1.54) is 89.9 Å². The average molecular weight is 847 g/mol. The number of unbranched alkanes of at least 4 members (excludes halogenated alkanes) is 19. The molecule has 0 saturated carbocycles. The second-order valence-electron chi connectivity index (χ2n) is 16.1. The summed E-state index contributed by atoms with van der Waals surface area (Å²) in [6, 6.07) is 0. The first-order valence-corrected chi connectivity index (χ1v) is 24.8. The van der Waals surface area contributed by atoms with Crippen molar-refractivity contribution in [3.63, 3.8) is 0 Å². The quantitative estimate of drug-likeness (QED) is 0.0200. The molecule has 0 N–H and O–H groups in total. The summed E-state index contributed by atoms with van der Waals surface area (Å²) in [5.74, 6) is -1.01. The van der Waals surface area contributed by atoms with Gasteiger partial charge in [-0.2, -0.15) is 0 Å². The van der Waals surface area contributed by atoms with Gasteiger partial charge in [0.2, 0.25) is 0 Å². The molecule has 61 heavy (non-hydrogen) atoms. The van der Waals surface area contributed by atoms with Crippen LogP contribution in [0.5, 0.6) is 0 Å². The molecule has 0 aliphatic heterocycles. The molecule has 0 radical (unpaired) electrons. The molecule has 1 unspecified atom stereocenters. The van der Waals surface area contributed by atoms with E-state index in [0.29, 0.717) is 19.3 Å². The van der Waals surface area contributed by atoms with Gasteiger partial charge in [-0.25, -0.2) is 0 Å². The van der Waals surface area contributed by atoms with Crippen LogP contribution < -0.4 is 0 Å². The van der Waals surface area contributed by atoms with Crippen molar-refractivity contribution in [3.05, 3.63) is 97.2 Å². The summed E-state index contributed by atoms with van der Waals surface area (Å²) < 4.78 is 16.7. The Balaban J connectivity index is 4.53. The van der Waals surface area contributed by atoms with Crippen LogP contribution >= 0.6 is 0 Å². The van der Waals surface area contributed by atoms with Gasteiger partial charge in [0.05, 0.1) is 0 Å². The van der Waals surface area contributed by atoms with Gasteiger partial charge in [0.25, 0.3) is 0 Å². The molecular weight excluding hydrogens is 757 g/mol. The lowest BCUT2D eigenvalue weighted by atomic mass is 10.0. The third-order valence-electron chi connectivity index (χ3n) is 10.2. The van der Waals surface area contributed by atoms with Gasteiger partial charge in [-0.15, -0.1) is 0 Å². The highest BCUT2D eigenvalue weighted by atomic mass is 16.6. The Morgan fingerprint density at radius 3 is 1.25 bits per heavy atom. The minimum absolute atomic E-state index is 0.110. The van der Waals surface area contributed by atoms with Gasteiger partial charge in [0.1, 0.15) is 13.2 Å². The second kappa shape index (κ2) is 49.0. The van der Waals surface area contributed by atoms with E-state index in [4.69, 9.17) is 14.2 Å². The smallest absolute Gasteiger partial charge is 0.306 e. The van der Waals surface area contributed by atoms with Crippen molar-refractivity contribution in [1.82, 2.24) is 0 Å². The fraction of sp³-hybridized carbons (Fsp3) is 0.655. The molecule has 0 aromatic rings. The highest BCUT2D eigenvalue weighted by Gasteiger charge is 2.19. The zero-order valence-electron chi connectivity index (χ0n) is 39.4. The SMILES string of the molecule is CC/C=C/C=C/C=C/C=C/CCCCCC(=O)OC(COC(=O)CCC/C=C/C/C=C/C/C=C/C/C=C/CCCCC)COC(=O)CCCCCCCCCCCCCCC. The molecular formula is C55H90O6. The average Bonchev–Trinajstić information content (AvgIpc) is 3.26. The monoisotopic (exact) mass is 847 g/mol. The molecule has 0 heterocycles. The molecule has 346 valence electrons. The Kier molecular flexibility index (Phi) is 46.0. The molecule has 0 amide bonds. The zero-order valence-corrected chi connectivity index (χ0v) is 39.4. The van der Waals surface area contributed by atoms with Crippen LogP contribution in [0.15, 0.2) is 97.2 Å². The fourth-order valence-corrected chi connectivity index (χ4v) is 6.44. The van der Waals surface area contributed by atoms with Crippen molar-refractivity contribution in [1.29, 1.82) is 0 Å². The van der Waals surface area contributed by atoms with Gasteiger partial charge in [-0.1, -0.05) is 214 Å². The maximum atomic E-state index is 12.7. The molecule has 0 aliphatic carbocycles. The molecule has 6 heteroatoms. The molecule has 0 aromatic carbocycles. The Morgan fingerprint density at radius 1 is 0.361 bits per heavy atom. The maximum Gasteiger partial charge on any atom is 0.306 e. The Morgan fingerprint density at radius 2 is 0.721 bits per heavy atom. The van der Waals surface area contributed by atoms with E-state index >= 15 is 0 Å². The number of ether oxygens (including phenoxy) is 3. The van der Waals surface area contributed by atoms with Crippen molar-refractivity contribution in [2.75, 3.05) is 13.2 Å². The van der Waals surface area contributed by atoms with Crippen LogP contribution in [0.3, 0.4) is 0 Å². The Hall–Kier alpha value is -3.67. The number of esters is 3. The molecule has 0 aromatic heterocycles. The van der Waals surface area contributed by atoms with Crippen LogP contribution in [0.4, 0.5) is 0 Å². The molecule has 0 spiro atoms. The largest absolute Gasteiger partial charge is 0.462 e. The number of allylic oxidation sites excluding steroid dienone is 16. The van der Waals surface area contributed by atoms with E-state index in [1.807, 2.05) is 36.5 Å². The van der Waals surface area contributed by atoms with Crippen LogP contribution in [0.1, 0.15) is 213 Å². The lowest BCUT2D eigenvalue weighted by Gasteiger charge is -2.18. The minimum atomic E-state index is -0.818. The first kappa shape index (κ1) is 57.3. The fourth-order valence-electron chi connectivity index (χ4n) is 6.44. The van der Waals surface area contributed by atoms with Crippen molar-refractivity contribution < 1.29 is 28.6 Å². The van der Waals surface area contributed by atoms with Crippen LogP contribution in [0.25, 0.3) is 0 Å². The van der Waals surface area contributed by atoms with E-state index in [0.717, 1.165) is 70.6 Å². The summed E-state index contributed by atoms with van der Waals surface area (Å²) in [4.78, 5) is 37.9. The zero-order chi connectivity index (χ0) is 44.4. The van der Waals surface area contributed by atoms with Gasteiger partial charge in [-0.3, -0.25) is 14.4 Å². The molecule has 0 rings (SSSR count). The third kappa shape index (κ3) is 47.2. The minimum Gasteiger partial charge on any atom is -0.462 e. The summed E-state index contributed by atoms with van der Waals surface area (Å²) in [5.41, 5.74) is 0. The van der Waals surface area contributed by atoms with Crippen molar-refractivity contribution in [3.8, 4) is 0 Å². The second-order valence-corrected chi connectivity index (χ2v) is 16.1. The van der Waals surface area contributed by atoms with Gasteiger partial charge in [-0.05, 0) is 77.0 Å². The van der Waals surface area contributed by atoms with Crippen LogP contribution in [-0.4, -0.2) is 37.2 Å². The van der Waals surface area contributed by atoms with E-state index in [2.05, 4.69) is 81.5 Å². The highest BCUT2D eigenvalue weighted by molar-refractivity contribution is 5.71. The Labute approximate surface area is 375 Å². The number of carbonyl (C=O) groups excluding carboxylic acids is 3. The van der Waals surface area contributed by atoms with E-state index in [-0.39, 0.29) is 44.0 Å². The number of hydrogen-bond acceptors (Lipinski definition) is 6. The summed E-state index contributed by atoms with van der Waals surface area (Å²) in [6.45, 7) is 6.37. The summed E-state index contributed by atoms with van der Waals surface area (Å²) in [7, 11) is 0. The lowest BCUT2D eigenvalue weighted by Crippen LogP contribution is -2.30. The van der Waals surface area contributed by atoms with Crippen LogP contribution in [-0.2, 0) is 28.6 Å². The normalized spacial score (nSPS) is 12.9. The number of hydrogen-bond donors (Lipinski definition) is 0. The first-order chi connectivity index (χ1) is 30.0. The standard InChI is InChI=1S/C55H90O6/c1-4-7-10-13-16-19-22-25-26-27-28-31-33-36-39-42-45-48-54(57)60-51-52(61-55(58)49-46-43-40-37-34-30-24-21-18-15-12-9-6-3)50-59-53(56)47-44-41-38-35-32-29-23-20-17-14-11-8-5-2/h9,12,15-16,18-19,21,24-26,28,30-31,34,36,39,52H,4-8,10-11,13-14,17,20,22-23,27,29,32-33,35,37-38,40-51H2,1-3H3/b12-9+,18-15+,19-16+,24-21+,26-25+,31-28+,34-30+,39-36+. The van der Waals surface area contributed by atoms with Crippen LogP contribution in [0.2, 0.25) is 0 Å². The van der Waals surface area contributed by atoms with E-state index in [1.54, 1.807) is 0 Å². The van der Waals surface area contributed by atoms with Crippen molar-refractivity contribution >= 4 is 17.9 Å². The summed E-state index contributed by atoms with van der Waals surface area (Å²) in [6.07, 6.45) is 63.9. The van der Waals surface area contributed by atoms with Gasteiger partial charge in [0, 0.05) is 19.3 Å². The molecule has 0 saturated heterocycles. The summed E-state index contributed by atoms with van der Waals surface area (Å²) in [5, 5.41) is 0. The van der Waals surface area contributed by atoms with Gasteiger partial charge in [0.15, 0.2) is 6.10 Å². The molecule has 1 atom stereocenters. The van der Waals surface area contributed by atoms with E-state index in [9.17, 15) is 14.4 Å². The number of carbonyl (C=O) groups is 3. The number of rotatable bonds is 43. The third-order valence-corrected chi connectivity index (χ3v) is 10.2. The first-order valence-electron chi connectivity index (χ1n) is 24.8. The predicted octanol–water partition coefficient (Wildman–Crippen LogP) is 16.2. The van der Waals surface area contributed by atoms with E-state index < -0.39 is 6.10 Å². The van der Waals surface area contributed by atoms with Crippen molar-refractivity contribution in [2.24, 2.45) is 0 Å². The van der Waals surface area contributed by atoms with Crippen LogP contribution in [0, 0.1) is 0 Å². The van der Waals surface area contributed by atoms with Gasteiger partial charge >= 0.3 is 17.9 Å². The molecule has 0 bridgehead atoms. The topological polar surface area (TPSA) is 78.9 Å². The Bertz CT molecular complexity index is 1250. The van der Waals surface area contributed by atoms with Gasteiger partial charge < -0.3 is 14.2 Å². The molecule has 0 aliphatic rings. The predicted molar refractivity (Wildman–Crippen MR) is 260 cm³/mol.